The minimum absolute atomic E-state index is 0.0384. The lowest BCUT2D eigenvalue weighted by Gasteiger charge is -2.44. The maximum absolute atomic E-state index is 14.1. The molecule has 23 heteroatoms. The van der Waals surface area contributed by atoms with Gasteiger partial charge in [-0.2, -0.15) is 0 Å². The van der Waals surface area contributed by atoms with Gasteiger partial charge in [0.05, 0.1) is 49.2 Å². The number of carbonyl (C=O) groups is 7. The molecule has 2 fully saturated rings. The zero-order chi connectivity index (χ0) is 50.6. The highest BCUT2D eigenvalue weighted by Crippen LogP contribution is 2.52. The van der Waals surface area contributed by atoms with Crippen LogP contribution in [0.3, 0.4) is 0 Å². The molecule has 3 unspecified atom stereocenters. The molecular formula is C46H57NO22. The normalized spacial score (nSPS) is 28.8. The monoisotopic (exact) mass is 975 g/mol. The first kappa shape index (κ1) is 52.7. The number of Topliss-reactive ketones (excluding diaryl/α,β-unsaturated/α-hetero) is 1. The van der Waals surface area contributed by atoms with Crippen LogP contribution >= 0.6 is 0 Å². The second-order valence-electron chi connectivity index (χ2n) is 16.9. The number of aromatic hydroxyl groups is 2. The quantitative estimate of drug-likeness (QED) is 0.0332. The molecule has 2 saturated heterocycles. The SMILES string of the molecule is CCOC(CCCN[C@@H]1C[C@H](OC2CC(O)(C(=O)CO)Cc3c(O)c4c(c(O)c32)C(=O)c2c(OC)cccc2C4=O)O[C@@H](C)[C@H]1O)O[C@@H]1O[C@H](C(=O)OC)[C@@H](OC(C)=O)[C@H](OC(C)=O)[C@H]1OC(C)=O. The molecule has 12 atom stereocenters. The molecule has 378 valence electrons. The van der Waals surface area contributed by atoms with Gasteiger partial charge < -0.3 is 78.2 Å². The summed E-state index contributed by atoms with van der Waals surface area (Å²) in [5.41, 5.74) is -4.21. The van der Waals surface area contributed by atoms with Gasteiger partial charge in [-0.1, -0.05) is 12.1 Å². The summed E-state index contributed by atoms with van der Waals surface area (Å²) in [5.74, 6) is -7.83. The molecule has 2 aromatic carbocycles. The molecule has 0 aromatic heterocycles. The number of ether oxygens (including phenoxy) is 10. The fourth-order valence-corrected chi connectivity index (χ4v) is 9.19. The Kier molecular flexibility index (Phi) is 16.8. The standard InChI is InChI=1S/C46H57NO22/c1-8-62-29(68-45-43(66-22(5)51)41(65-21(4)50)40(64-20(3)49)42(69-45)44(58)61-7)13-10-14-47-25-15-30(63-19(2)35(25)53)67-27-17-46(59,28(52)18-48)16-24-32(27)39(57)34-33(37(24)55)36(54)23-11-9-12-26(60-6)31(23)38(34)56/h9,11-12,19,25,27,29-30,35,40-43,45,47-48,53,55,57,59H,8,10,13-18H2,1-7H3/t19-,25+,27?,29?,30-,35+,40-,41-,42-,43+,45+,46?/m0/s1. The molecule has 69 heavy (non-hydrogen) atoms. The lowest BCUT2D eigenvalue weighted by atomic mass is 9.72. The highest BCUT2D eigenvalue weighted by Gasteiger charge is 2.56. The van der Waals surface area contributed by atoms with E-state index >= 15 is 0 Å². The van der Waals surface area contributed by atoms with E-state index in [1.54, 1.807) is 13.8 Å². The van der Waals surface area contributed by atoms with E-state index < -0.39 is 157 Å². The van der Waals surface area contributed by atoms with Gasteiger partial charge >= 0.3 is 23.9 Å². The molecule has 2 aliphatic carbocycles. The number of hydrogen-bond acceptors (Lipinski definition) is 23. The zero-order valence-electron chi connectivity index (χ0n) is 38.9. The number of methoxy groups -OCH3 is 2. The van der Waals surface area contributed by atoms with Gasteiger partial charge in [0, 0.05) is 69.4 Å². The number of rotatable bonds is 18. The molecule has 0 amide bonds. The maximum atomic E-state index is 14.1. The van der Waals surface area contributed by atoms with Crippen LogP contribution in [0.5, 0.6) is 17.2 Å². The summed E-state index contributed by atoms with van der Waals surface area (Å²) in [4.78, 5) is 90.5. The van der Waals surface area contributed by atoms with Crippen molar-refractivity contribution in [3.63, 3.8) is 0 Å². The van der Waals surface area contributed by atoms with Crippen molar-refractivity contribution >= 4 is 41.2 Å². The highest BCUT2D eigenvalue weighted by atomic mass is 16.8. The van der Waals surface area contributed by atoms with Gasteiger partial charge in [0.25, 0.3) is 0 Å². The fourth-order valence-electron chi connectivity index (χ4n) is 9.19. The fraction of sp³-hybridized carbons (Fsp3) is 0.587. The number of benzene rings is 2. The van der Waals surface area contributed by atoms with Crippen LogP contribution in [0.25, 0.3) is 0 Å². The zero-order valence-corrected chi connectivity index (χ0v) is 38.9. The Bertz CT molecular complexity index is 2320. The van der Waals surface area contributed by atoms with E-state index in [0.717, 1.165) is 27.9 Å². The minimum atomic E-state index is -2.38. The summed E-state index contributed by atoms with van der Waals surface area (Å²) in [7, 11) is 2.34. The summed E-state index contributed by atoms with van der Waals surface area (Å²) in [6, 6.07) is 3.52. The molecule has 0 spiro atoms. The molecule has 0 bridgehead atoms. The smallest absolute Gasteiger partial charge is 0.339 e. The molecule has 0 radical (unpaired) electrons. The van der Waals surface area contributed by atoms with Crippen molar-refractivity contribution in [3.05, 3.63) is 51.6 Å². The van der Waals surface area contributed by atoms with E-state index in [1.165, 1.54) is 25.3 Å². The van der Waals surface area contributed by atoms with Gasteiger partial charge in [-0.05, 0) is 39.3 Å². The van der Waals surface area contributed by atoms with Crippen LogP contribution < -0.4 is 10.1 Å². The topological polar surface area (TPSA) is 325 Å². The molecule has 6 N–H and O–H groups in total. The average molecular weight is 976 g/mol. The molecule has 4 aliphatic rings. The van der Waals surface area contributed by atoms with Crippen molar-refractivity contribution < 1.29 is 106 Å². The van der Waals surface area contributed by atoms with E-state index in [0.29, 0.717) is 0 Å². The Labute approximate surface area is 395 Å². The van der Waals surface area contributed by atoms with Crippen LogP contribution in [-0.2, 0) is 73.0 Å². The summed E-state index contributed by atoms with van der Waals surface area (Å²) in [5, 5.41) is 59.6. The summed E-state index contributed by atoms with van der Waals surface area (Å²) in [6.07, 6.45) is -14.9. The number of hydrogen-bond donors (Lipinski definition) is 6. The third-order valence-corrected chi connectivity index (χ3v) is 12.3. The number of aliphatic hydroxyl groups is 3. The highest BCUT2D eigenvalue weighted by molar-refractivity contribution is 6.31. The number of carbonyl (C=O) groups excluding carboxylic acids is 7. The van der Waals surface area contributed by atoms with Gasteiger partial charge in [0.2, 0.25) is 12.1 Å². The summed E-state index contributed by atoms with van der Waals surface area (Å²) >= 11 is 0. The number of nitrogens with one attached hydrogen (secondary N) is 1. The number of ketones is 3. The lowest BCUT2D eigenvalue weighted by molar-refractivity contribution is -0.334. The van der Waals surface area contributed by atoms with Gasteiger partial charge in [-0.15, -0.1) is 0 Å². The molecule has 6 rings (SSSR count). The van der Waals surface area contributed by atoms with Crippen molar-refractivity contribution in [2.75, 3.05) is 34.0 Å². The number of phenolic OH excluding ortho intramolecular Hbond substituents is 2. The van der Waals surface area contributed by atoms with Crippen molar-refractivity contribution in [3.8, 4) is 17.2 Å². The molecule has 23 nitrogen and oxygen atoms in total. The number of phenols is 2. The van der Waals surface area contributed by atoms with E-state index in [9.17, 15) is 59.1 Å². The van der Waals surface area contributed by atoms with Crippen LogP contribution in [0.1, 0.15) is 109 Å². The van der Waals surface area contributed by atoms with Crippen molar-refractivity contribution in [1.29, 1.82) is 0 Å². The predicted molar refractivity (Wildman–Crippen MR) is 229 cm³/mol. The van der Waals surface area contributed by atoms with E-state index in [4.69, 9.17) is 47.4 Å². The largest absolute Gasteiger partial charge is 0.507 e. The molecule has 0 saturated carbocycles. The van der Waals surface area contributed by atoms with Crippen LogP contribution in [0, 0.1) is 0 Å². The van der Waals surface area contributed by atoms with Crippen molar-refractivity contribution in [2.24, 2.45) is 0 Å². The first-order valence-corrected chi connectivity index (χ1v) is 22.2. The van der Waals surface area contributed by atoms with E-state index in [2.05, 4.69) is 5.32 Å². The Morgan fingerprint density at radius 2 is 1.55 bits per heavy atom. The molecule has 2 aliphatic heterocycles. The van der Waals surface area contributed by atoms with Gasteiger partial charge in [0.15, 0.2) is 48.6 Å². The van der Waals surface area contributed by atoms with Crippen LogP contribution in [-0.4, -0.2) is 168 Å². The first-order chi connectivity index (χ1) is 32.7. The number of esters is 4. The van der Waals surface area contributed by atoms with Gasteiger partial charge in [-0.25, -0.2) is 4.79 Å². The second-order valence-corrected chi connectivity index (χ2v) is 16.9. The van der Waals surface area contributed by atoms with Crippen LogP contribution in [0.4, 0.5) is 0 Å². The molecular weight excluding hydrogens is 918 g/mol. The minimum Gasteiger partial charge on any atom is -0.507 e. The third-order valence-electron chi connectivity index (χ3n) is 12.3. The maximum Gasteiger partial charge on any atom is 0.339 e. The number of fused-ring (bicyclic) bond motifs is 3. The number of aliphatic hydroxyl groups excluding tert-OH is 2. The third kappa shape index (κ3) is 10.9. The van der Waals surface area contributed by atoms with E-state index in [1.807, 2.05) is 0 Å². The van der Waals surface area contributed by atoms with Crippen molar-refractivity contribution in [1.82, 2.24) is 5.32 Å². The Morgan fingerprint density at radius 1 is 0.899 bits per heavy atom. The molecule has 2 heterocycles. The van der Waals surface area contributed by atoms with Crippen LogP contribution in [0.2, 0.25) is 0 Å². The summed E-state index contributed by atoms with van der Waals surface area (Å²) < 4.78 is 56.5. The van der Waals surface area contributed by atoms with Gasteiger partial charge in [0.1, 0.15) is 29.5 Å². The van der Waals surface area contributed by atoms with Crippen LogP contribution in [0.15, 0.2) is 18.2 Å². The lowest BCUT2D eigenvalue weighted by Crippen LogP contribution is -2.64. The molecule has 2 aromatic rings. The van der Waals surface area contributed by atoms with Crippen molar-refractivity contribution in [2.45, 2.75) is 140 Å². The van der Waals surface area contributed by atoms with Gasteiger partial charge in [-0.3, -0.25) is 28.8 Å². The average Bonchev–Trinajstić information content (AvgIpc) is 3.29. The van der Waals surface area contributed by atoms with E-state index in [-0.39, 0.29) is 60.4 Å². The first-order valence-electron chi connectivity index (χ1n) is 22.2. The Morgan fingerprint density at radius 3 is 2.17 bits per heavy atom. The summed E-state index contributed by atoms with van der Waals surface area (Å²) in [6.45, 7) is 5.58. The Hall–Kier alpha value is -5.63. The predicted octanol–water partition coefficient (Wildman–Crippen LogP) is 0.485. The second kappa shape index (κ2) is 22.0. The Balaban J connectivity index is 1.20.